The van der Waals surface area contributed by atoms with Gasteiger partial charge in [0.1, 0.15) is 0 Å². The molecule has 0 radical (unpaired) electrons. The van der Waals surface area contributed by atoms with Gasteiger partial charge < -0.3 is 10.2 Å². The van der Waals surface area contributed by atoms with Gasteiger partial charge in [-0.2, -0.15) is 0 Å². The number of likely N-dealkylation sites (tertiary alicyclic amines) is 1. The molecule has 23 heavy (non-hydrogen) atoms. The third-order valence-electron chi connectivity index (χ3n) is 3.87. The lowest BCUT2D eigenvalue weighted by molar-refractivity contribution is -0.129. The Kier molecular flexibility index (Phi) is 4.18. The van der Waals surface area contributed by atoms with Crippen LogP contribution in [0.2, 0.25) is 0 Å². The van der Waals surface area contributed by atoms with Crippen LogP contribution in [-0.4, -0.2) is 37.3 Å². The average Bonchev–Trinajstić information content (AvgIpc) is 2.96. The molecular formula is C16H20N6O. The number of anilines is 2. The summed E-state index contributed by atoms with van der Waals surface area (Å²) in [6.07, 6.45) is 5.26. The minimum absolute atomic E-state index is 0.00177. The zero-order chi connectivity index (χ0) is 16.4. The Morgan fingerprint density at radius 2 is 1.96 bits per heavy atom. The van der Waals surface area contributed by atoms with E-state index in [4.69, 9.17) is 0 Å². The first-order valence-electron chi connectivity index (χ1n) is 7.71. The summed E-state index contributed by atoms with van der Waals surface area (Å²) in [5, 5.41) is 3.09. The summed E-state index contributed by atoms with van der Waals surface area (Å²) < 4.78 is 0. The van der Waals surface area contributed by atoms with Gasteiger partial charge >= 0.3 is 0 Å². The zero-order valence-electron chi connectivity index (χ0n) is 13.6. The van der Waals surface area contributed by atoms with Crippen LogP contribution in [0, 0.1) is 13.8 Å². The van der Waals surface area contributed by atoms with Gasteiger partial charge in [-0.15, -0.1) is 0 Å². The van der Waals surface area contributed by atoms with Gasteiger partial charge in [-0.05, 0) is 32.8 Å². The molecule has 1 atom stereocenters. The van der Waals surface area contributed by atoms with E-state index in [0.29, 0.717) is 11.8 Å². The summed E-state index contributed by atoms with van der Waals surface area (Å²) in [5.74, 6) is 1.16. The summed E-state index contributed by atoms with van der Waals surface area (Å²) in [6.45, 7) is 6.22. The van der Waals surface area contributed by atoms with Crippen LogP contribution in [0.5, 0.6) is 0 Å². The van der Waals surface area contributed by atoms with E-state index in [0.717, 1.165) is 36.5 Å². The van der Waals surface area contributed by atoms with Crippen molar-refractivity contribution in [2.75, 3.05) is 11.9 Å². The fraction of sp³-hybridized carbons (Fsp3) is 0.438. The smallest absolute Gasteiger partial charge is 0.228 e. The number of nitrogens with one attached hydrogen (secondary N) is 1. The Morgan fingerprint density at radius 3 is 2.65 bits per heavy atom. The molecule has 2 aromatic rings. The van der Waals surface area contributed by atoms with Crippen molar-refractivity contribution in [3.05, 3.63) is 35.5 Å². The summed E-state index contributed by atoms with van der Waals surface area (Å²) in [5.41, 5.74) is 2.58. The highest BCUT2D eigenvalue weighted by Gasteiger charge is 2.29. The molecule has 0 bridgehead atoms. The molecule has 3 heterocycles. The number of aromatic nitrogens is 4. The van der Waals surface area contributed by atoms with E-state index >= 15 is 0 Å². The van der Waals surface area contributed by atoms with Crippen LogP contribution >= 0.6 is 0 Å². The van der Waals surface area contributed by atoms with Crippen LogP contribution in [-0.2, 0) is 4.79 Å². The molecule has 1 aliphatic rings. The number of amides is 1. The summed E-state index contributed by atoms with van der Waals surface area (Å²) in [4.78, 5) is 31.1. The van der Waals surface area contributed by atoms with Crippen LogP contribution in [0.1, 0.15) is 42.9 Å². The summed E-state index contributed by atoms with van der Waals surface area (Å²) >= 11 is 0. The van der Waals surface area contributed by atoms with E-state index in [9.17, 15) is 4.79 Å². The molecule has 0 unspecified atom stereocenters. The summed E-state index contributed by atoms with van der Waals surface area (Å²) in [7, 11) is 0. The molecule has 1 saturated heterocycles. The highest BCUT2D eigenvalue weighted by atomic mass is 16.2. The third-order valence-corrected chi connectivity index (χ3v) is 3.87. The van der Waals surface area contributed by atoms with Gasteiger partial charge in [-0.1, -0.05) is 0 Å². The fourth-order valence-corrected chi connectivity index (χ4v) is 2.95. The molecule has 7 heteroatoms. The molecule has 7 nitrogen and oxygen atoms in total. The normalized spacial score (nSPS) is 17.3. The second kappa shape index (κ2) is 6.28. The Bertz CT molecular complexity index is 712. The molecule has 1 fully saturated rings. The maximum Gasteiger partial charge on any atom is 0.228 e. The number of hydrogen-bond acceptors (Lipinski definition) is 6. The van der Waals surface area contributed by atoms with Crippen molar-refractivity contribution in [2.24, 2.45) is 0 Å². The van der Waals surface area contributed by atoms with Gasteiger partial charge in [-0.3, -0.25) is 9.78 Å². The molecule has 2 aromatic heterocycles. The van der Waals surface area contributed by atoms with Crippen molar-refractivity contribution in [3.63, 3.8) is 0 Å². The molecule has 0 spiro atoms. The van der Waals surface area contributed by atoms with Crippen molar-refractivity contribution < 1.29 is 4.79 Å². The fourth-order valence-electron chi connectivity index (χ4n) is 2.95. The van der Waals surface area contributed by atoms with E-state index < -0.39 is 0 Å². The Labute approximate surface area is 135 Å². The number of carbonyl (C=O) groups excluding carboxylic acids is 1. The minimum Gasteiger partial charge on any atom is -0.334 e. The predicted molar refractivity (Wildman–Crippen MR) is 86.2 cm³/mol. The first kappa shape index (κ1) is 15.3. The van der Waals surface area contributed by atoms with Gasteiger partial charge in [0.25, 0.3) is 0 Å². The van der Waals surface area contributed by atoms with E-state index in [1.54, 1.807) is 19.3 Å². The Morgan fingerprint density at radius 1 is 1.22 bits per heavy atom. The van der Waals surface area contributed by atoms with Crippen molar-refractivity contribution in [1.29, 1.82) is 0 Å². The predicted octanol–water partition coefficient (Wildman–Crippen LogP) is 2.31. The van der Waals surface area contributed by atoms with Gasteiger partial charge in [-0.25, -0.2) is 15.0 Å². The van der Waals surface area contributed by atoms with Crippen LogP contribution in [0.15, 0.2) is 18.5 Å². The lowest BCUT2D eigenvalue weighted by Crippen LogP contribution is -2.28. The van der Waals surface area contributed by atoms with Crippen LogP contribution < -0.4 is 5.32 Å². The number of rotatable bonds is 3. The second-order valence-corrected chi connectivity index (χ2v) is 5.80. The molecule has 0 aliphatic carbocycles. The van der Waals surface area contributed by atoms with Crippen molar-refractivity contribution in [2.45, 2.75) is 39.7 Å². The first-order valence-corrected chi connectivity index (χ1v) is 7.71. The van der Waals surface area contributed by atoms with Crippen LogP contribution in [0.3, 0.4) is 0 Å². The van der Waals surface area contributed by atoms with Crippen molar-refractivity contribution in [1.82, 2.24) is 24.8 Å². The maximum atomic E-state index is 11.7. The second-order valence-electron chi connectivity index (χ2n) is 5.80. The van der Waals surface area contributed by atoms with Crippen LogP contribution in [0.25, 0.3) is 0 Å². The van der Waals surface area contributed by atoms with Crippen molar-refractivity contribution in [3.8, 4) is 0 Å². The third kappa shape index (κ3) is 3.44. The maximum absolute atomic E-state index is 11.7. The molecule has 1 amide bonds. The lowest BCUT2D eigenvalue weighted by Gasteiger charge is -2.22. The number of hydrogen-bond donors (Lipinski definition) is 1. The highest BCUT2D eigenvalue weighted by molar-refractivity contribution is 5.74. The molecule has 1 aliphatic heterocycles. The van der Waals surface area contributed by atoms with Gasteiger partial charge in [0.15, 0.2) is 5.82 Å². The van der Waals surface area contributed by atoms with Gasteiger partial charge in [0.2, 0.25) is 11.9 Å². The Hall–Kier alpha value is -2.57. The number of aryl methyl sites for hydroxylation is 2. The molecule has 1 N–H and O–H groups in total. The van der Waals surface area contributed by atoms with Gasteiger partial charge in [0.05, 0.1) is 24.1 Å². The summed E-state index contributed by atoms with van der Waals surface area (Å²) in [6, 6.07) is 1.92. The van der Waals surface area contributed by atoms with E-state index in [-0.39, 0.29) is 11.9 Å². The lowest BCUT2D eigenvalue weighted by atomic mass is 10.1. The van der Waals surface area contributed by atoms with Gasteiger partial charge in [0, 0.05) is 24.9 Å². The molecule has 120 valence electrons. The van der Waals surface area contributed by atoms with E-state index in [2.05, 4.69) is 25.3 Å². The standard InChI is InChI=1S/C16H20N6O/c1-10-7-11(2)19-16(18-10)21-15-9-17-8-13(20-15)14-5-4-6-22(14)12(3)23/h7-9,14H,4-6H2,1-3H3,(H,18,19,20,21)/t14-/m0/s1. The minimum atomic E-state index is 0.00177. The topological polar surface area (TPSA) is 83.9 Å². The largest absolute Gasteiger partial charge is 0.334 e. The molecule has 0 saturated carbocycles. The SMILES string of the molecule is CC(=O)N1CCC[C@H]1c1cncc(Nc2nc(C)cc(C)n2)n1. The van der Waals surface area contributed by atoms with Crippen molar-refractivity contribution >= 4 is 17.7 Å². The quantitative estimate of drug-likeness (QED) is 0.936. The number of carbonyl (C=O) groups is 1. The monoisotopic (exact) mass is 312 g/mol. The highest BCUT2D eigenvalue weighted by Crippen LogP contribution is 2.30. The number of nitrogens with zero attached hydrogens (tertiary/aromatic N) is 5. The van der Waals surface area contributed by atoms with E-state index in [1.165, 1.54) is 0 Å². The van der Waals surface area contributed by atoms with Crippen LogP contribution in [0.4, 0.5) is 11.8 Å². The Balaban J connectivity index is 1.84. The van der Waals surface area contributed by atoms with E-state index in [1.807, 2.05) is 24.8 Å². The zero-order valence-corrected chi connectivity index (χ0v) is 13.6. The molecule has 0 aromatic carbocycles. The molecular weight excluding hydrogens is 292 g/mol. The molecule has 3 rings (SSSR count). The first-order chi connectivity index (χ1) is 11.0. The average molecular weight is 312 g/mol.